The van der Waals surface area contributed by atoms with Gasteiger partial charge in [0.05, 0.1) is 28.1 Å². The Morgan fingerprint density at radius 1 is 1.14 bits per heavy atom. The number of halogens is 3. The Morgan fingerprint density at radius 2 is 1.86 bits per heavy atom. The van der Waals surface area contributed by atoms with Gasteiger partial charge in [0.2, 0.25) is 0 Å². The molecule has 0 bridgehead atoms. The van der Waals surface area contributed by atoms with Crippen molar-refractivity contribution in [2.24, 2.45) is 0 Å². The second-order valence-corrected chi connectivity index (χ2v) is 7.15. The molecule has 0 fully saturated rings. The van der Waals surface area contributed by atoms with Crippen molar-refractivity contribution in [2.75, 3.05) is 13.2 Å². The predicted molar refractivity (Wildman–Crippen MR) is 94.6 cm³/mol. The summed E-state index contributed by atoms with van der Waals surface area (Å²) in [6.45, 7) is 1.27. The van der Waals surface area contributed by atoms with Gasteiger partial charge < -0.3 is 9.47 Å². The van der Waals surface area contributed by atoms with Crippen molar-refractivity contribution >= 4 is 47.8 Å². The highest BCUT2D eigenvalue weighted by molar-refractivity contribution is 9.11. The van der Waals surface area contributed by atoms with E-state index in [9.17, 15) is 0 Å². The van der Waals surface area contributed by atoms with Crippen LogP contribution in [0, 0.1) is 0 Å². The van der Waals surface area contributed by atoms with Crippen LogP contribution in [0.5, 0.6) is 11.5 Å². The van der Waals surface area contributed by atoms with Crippen molar-refractivity contribution in [3.63, 3.8) is 0 Å². The Balaban J connectivity index is 1.75. The van der Waals surface area contributed by atoms with Gasteiger partial charge in [-0.1, -0.05) is 34.1 Å². The third-order valence-electron chi connectivity index (χ3n) is 3.44. The average Bonchev–Trinajstić information content (AvgIpc) is 2.89. The molecule has 5 heteroatoms. The van der Waals surface area contributed by atoms with Gasteiger partial charge in [-0.05, 0) is 55.6 Å². The molecule has 0 spiro atoms. The molecule has 0 aromatic heterocycles. The van der Waals surface area contributed by atoms with Crippen molar-refractivity contribution in [2.45, 2.75) is 11.2 Å². The fourth-order valence-corrected chi connectivity index (χ4v) is 4.21. The molecule has 1 aliphatic rings. The highest BCUT2D eigenvalue weighted by atomic mass is 79.9. The van der Waals surface area contributed by atoms with Crippen molar-refractivity contribution in [1.29, 1.82) is 0 Å². The lowest BCUT2D eigenvalue weighted by molar-refractivity contribution is 0.246. The van der Waals surface area contributed by atoms with E-state index < -0.39 is 0 Å². The maximum Gasteiger partial charge on any atom is 0.147 e. The van der Waals surface area contributed by atoms with Crippen LogP contribution in [-0.2, 0) is 5.33 Å². The summed E-state index contributed by atoms with van der Waals surface area (Å²) in [5, 5.41) is 0.814. The maximum atomic E-state index is 6.02. The summed E-state index contributed by atoms with van der Waals surface area (Å²) in [7, 11) is 0. The Hall–Kier alpha value is -0.520. The highest BCUT2D eigenvalue weighted by Gasteiger charge is 2.24. The minimum Gasteiger partial charge on any atom is -0.493 e. The van der Waals surface area contributed by atoms with Gasteiger partial charge in [-0.2, -0.15) is 0 Å². The van der Waals surface area contributed by atoms with Crippen molar-refractivity contribution in [3.05, 3.63) is 56.5 Å². The second kappa shape index (κ2) is 6.71. The first-order valence-corrected chi connectivity index (χ1v) is 9.28. The van der Waals surface area contributed by atoms with Gasteiger partial charge in [-0.15, -0.1) is 0 Å². The fourth-order valence-electron chi connectivity index (χ4n) is 2.38. The van der Waals surface area contributed by atoms with E-state index in [0.717, 1.165) is 25.8 Å². The number of hydrogen-bond acceptors (Lipinski definition) is 2. The molecule has 2 aromatic rings. The standard InChI is InChI=1S/C16H13Br3O2/c17-7-10-5-13(18)16(14(19)6-10)21-9-11-8-20-15-4-2-1-3-12(11)15/h1-6,11H,7-9H2. The van der Waals surface area contributed by atoms with Crippen LogP contribution in [-0.4, -0.2) is 13.2 Å². The van der Waals surface area contributed by atoms with E-state index in [-0.39, 0.29) is 5.92 Å². The predicted octanol–water partition coefficient (Wildman–Crippen LogP) is 5.66. The van der Waals surface area contributed by atoms with Gasteiger partial charge in [0, 0.05) is 10.9 Å². The summed E-state index contributed by atoms with van der Waals surface area (Å²) < 4.78 is 13.6. The number of benzene rings is 2. The summed E-state index contributed by atoms with van der Waals surface area (Å²) in [5.41, 5.74) is 2.41. The molecule has 3 rings (SSSR count). The van der Waals surface area contributed by atoms with Gasteiger partial charge in [0.25, 0.3) is 0 Å². The summed E-state index contributed by atoms with van der Waals surface area (Å²) in [4.78, 5) is 0. The third-order valence-corrected chi connectivity index (χ3v) is 5.27. The van der Waals surface area contributed by atoms with Crippen LogP contribution in [0.1, 0.15) is 17.0 Å². The second-order valence-electron chi connectivity index (χ2n) is 4.88. The van der Waals surface area contributed by atoms with E-state index in [1.54, 1.807) is 0 Å². The van der Waals surface area contributed by atoms with Gasteiger partial charge in [0.1, 0.15) is 11.5 Å². The molecule has 0 saturated carbocycles. The van der Waals surface area contributed by atoms with Crippen LogP contribution in [0.2, 0.25) is 0 Å². The molecule has 0 aliphatic carbocycles. The van der Waals surface area contributed by atoms with E-state index in [1.165, 1.54) is 11.1 Å². The number of rotatable bonds is 4. The van der Waals surface area contributed by atoms with Gasteiger partial charge in [-0.3, -0.25) is 0 Å². The number of hydrogen-bond donors (Lipinski definition) is 0. The Morgan fingerprint density at radius 3 is 2.57 bits per heavy atom. The number of alkyl halides is 1. The monoisotopic (exact) mass is 474 g/mol. The molecule has 0 amide bonds. The summed E-state index contributed by atoms with van der Waals surface area (Å²) in [6.07, 6.45) is 0. The van der Waals surface area contributed by atoms with Gasteiger partial charge in [0.15, 0.2) is 0 Å². The van der Waals surface area contributed by atoms with Crippen LogP contribution >= 0.6 is 47.8 Å². The van der Waals surface area contributed by atoms with E-state index in [1.807, 2.05) is 18.2 Å². The van der Waals surface area contributed by atoms with E-state index in [4.69, 9.17) is 9.47 Å². The average molecular weight is 477 g/mol. The smallest absolute Gasteiger partial charge is 0.147 e. The quantitative estimate of drug-likeness (QED) is 0.530. The molecule has 1 atom stereocenters. The van der Waals surface area contributed by atoms with Crippen LogP contribution in [0.15, 0.2) is 45.3 Å². The molecule has 1 aliphatic heterocycles. The molecule has 110 valence electrons. The molecule has 0 radical (unpaired) electrons. The molecule has 0 N–H and O–H groups in total. The molecule has 2 nitrogen and oxygen atoms in total. The number of fused-ring (bicyclic) bond motifs is 1. The number of ether oxygens (including phenoxy) is 2. The molecule has 1 heterocycles. The Bertz CT molecular complexity index is 635. The largest absolute Gasteiger partial charge is 0.493 e. The molecule has 1 unspecified atom stereocenters. The molecular formula is C16H13Br3O2. The molecule has 2 aromatic carbocycles. The number of para-hydroxylation sites is 1. The first-order chi connectivity index (χ1) is 10.2. The Kier molecular flexibility index (Phi) is 4.92. The summed E-state index contributed by atoms with van der Waals surface area (Å²) >= 11 is 10.6. The van der Waals surface area contributed by atoms with Crippen LogP contribution in [0.25, 0.3) is 0 Å². The van der Waals surface area contributed by atoms with Crippen LogP contribution in [0.4, 0.5) is 0 Å². The zero-order valence-corrected chi connectivity index (χ0v) is 15.9. The zero-order valence-electron chi connectivity index (χ0n) is 11.1. The minimum absolute atomic E-state index is 0.274. The third kappa shape index (κ3) is 3.30. The fraction of sp³-hybridized carbons (Fsp3) is 0.250. The van der Waals surface area contributed by atoms with E-state index in [0.29, 0.717) is 13.2 Å². The van der Waals surface area contributed by atoms with E-state index in [2.05, 4.69) is 66.0 Å². The topological polar surface area (TPSA) is 18.5 Å². The molecular weight excluding hydrogens is 464 g/mol. The lowest BCUT2D eigenvalue weighted by Gasteiger charge is -2.14. The maximum absolute atomic E-state index is 6.02. The minimum atomic E-state index is 0.274. The van der Waals surface area contributed by atoms with Crippen LogP contribution in [0.3, 0.4) is 0 Å². The lowest BCUT2D eigenvalue weighted by atomic mass is 10.0. The zero-order chi connectivity index (χ0) is 14.8. The SMILES string of the molecule is BrCc1cc(Br)c(OCC2COc3ccccc32)c(Br)c1. The first-order valence-electron chi connectivity index (χ1n) is 6.57. The van der Waals surface area contributed by atoms with Gasteiger partial charge >= 0.3 is 0 Å². The lowest BCUT2D eigenvalue weighted by Crippen LogP contribution is -2.12. The van der Waals surface area contributed by atoms with Crippen molar-refractivity contribution < 1.29 is 9.47 Å². The van der Waals surface area contributed by atoms with Crippen molar-refractivity contribution in [1.82, 2.24) is 0 Å². The highest BCUT2D eigenvalue weighted by Crippen LogP contribution is 2.38. The first kappa shape index (κ1) is 15.4. The molecule has 0 saturated heterocycles. The molecule has 21 heavy (non-hydrogen) atoms. The summed E-state index contributed by atoms with van der Waals surface area (Å²) in [5.74, 6) is 2.08. The van der Waals surface area contributed by atoms with Crippen LogP contribution < -0.4 is 9.47 Å². The summed E-state index contributed by atoms with van der Waals surface area (Å²) in [6, 6.07) is 12.3. The normalized spacial score (nSPS) is 16.4. The van der Waals surface area contributed by atoms with E-state index >= 15 is 0 Å². The van der Waals surface area contributed by atoms with Gasteiger partial charge in [-0.25, -0.2) is 0 Å². The Labute approximate surface area is 149 Å². The van der Waals surface area contributed by atoms with Crippen molar-refractivity contribution in [3.8, 4) is 11.5 Å².